The fourth-order valence-corrected chi connectivity index (χ4v) is 2.65. The van der Waals surface area contributed by atoms with Gasteiger partial charge in [0.05, 0.1) is 12.7 Å². The largest absolute Gasteiger partial charge is 0.494 e. The molecule has 4 nitrogen and oxygen atoms in total. The molecule has 0 spiro atoms. The van der Waals surface area contributed by atoms with Gasteiger partial charge in [-0.3, -0.25) is 4.79 Å². The third-order valence-corrected chi connectivity index (χ3v) is 3.94. The number of benzene rings is 1. The van der Waals surface area contributed by atoms with Crippen molar-refractivity contribution in [2.45, 2.75) is 45.4 Å². The van der Waals surface area contributed by atoms with E-state index in [0.29, 0.717) is 25.1 Å². The number of amides is 1. The van der Waals surface area contributed by atoms with Gasteiger partial charge in [0.25, 0.3) is 0 Å². The maximum atomic E-state index is 12.4. The van der Waals surface area contributed by atoms with Gasteiger partial charge in [0, 0.05) is 5.69 Å². The summed E-state index contributed by atoms with van der Waals surface area (Å²) in [5.74, 6) is 0.620. The molecule has 0 radical (unpaired) electrons. The van der Waals surface area contributed by atoms with Crippen molar-refractivity contribution in [3.63, 3.8) is 0 Å². The van der Waals surface area contributed by atoms with E-state index in [9.17, 15) is 10.1 Å². The number of anilines is 1. The predicted molar refractivity (Wildman–Crippen MR) is 82.0 cm³/mol. The number of hydrogen-bond acceptors (Lipinski definition) is 3. The first-order chi connectivity index (χ1) is 10.2. The van der Waals surface area contributed by atoms with Crippen LogP contribution in [-0.4, -0.2) is 12.5 Å². The molecule has 1 aliphatic rings. The van der Waals surface area contributed by atoms with Crippen LogP contribution in [0.2, 0.25) is 0 Å². The lowest BCUT2D eigenvalue weighted by molar-refractivity contribution is -0.124. The maximum absolute atomic E-state index is 12.4. The summed E-state index contributed by atoms with van der Waals surface area (Å²) in [5, 5.41) is 12.3. The van der Waals surface area contributed by atoms with Crippen molar-refractivity contribution in [1.29, 1.82) is 5.26 Å². The summed E-state index contributed by atoms with van der Waals surface area (Å²) < 4.78 is 5.51. The molecule has 0 aromatic heterocycles. The minimum Gasteiger partial charge on any atom is -0.494 e. The topological polar surface area (TPSA) is 62.1 Å². The minimum atomic E-state index is -0.852. The van der Waals surface area contributed by atoms with Crippen molar-refractivity contribution in [2.75, 3.05) is 11.9 Å². The lowest BCUT2D eigenvalue weighted by Gasteiger charge is -2.29. The molecule has 21 heavy (non-hydrogen) atoms. The van der Waals surface area contributed by atoms with E-state index in [2.05, 4.69) is 18.3 Å². The quantitative estimate of drug-likeness (QED) is 0.893. The first-order valence-electron chi connectivity index (χ1n) is 7.66. The van der Waals surface area contributed by atoms with Gasteiger partial charge in [0.15, 0.2) is 0 Å². The molecule has 0 saturated heterocycles. The number of carbonyl (C=O) groups excluding carboxylic acids is 1. The Bertz CT molecular complexity index is 511. The van der Waals surface area contributed by atoms with E-state index >= 15 is 0 Å². The van der Waals surface area contributed by atoms with Crippen LogP contribution in [0.25, 0.3) is 0 Å². The molecule has 4 heteroatoms. The lowest BCUT2D eigenvalue weighted by atomic mass is 9.74. The number of rotatable bonds is 5. The Hall–Kier alpha value is -2.02. The predicted octanol–water partition coefficient (Wildman–Crippen LogP) is 3.89. The highest BCUT2D eigenvalue weighted by molar-refractivity contribution is 5.97. The van der Waals surface area contributed by atoms with Crippen LogP contribution >= 0.6 is 0 Å². The Balaban J connectivity index is 2.00. The van der Waals surface area contributed by atoms with Crippen LogP contribution in [0.4, 0.5) is 5.69 Å². The molecule has 1 fully saturated rings. The molecule has 1 aromatic rings. The first kappa shape index (κ1) is 15.4. The zero-order valence-electron chi connectivity index (χ0n) is 12.5. The molecule has 0 atom stereocenters. The lowest BCUT2D eigenvalue weighted by Crippen LogP contribution is -2.36. The molecular formula is C17H22N2O2. The van der Waals surface area contributed by atoms with Crippen molar-refractivity contribution in [1.82, 2.24) is 0 Å². The molecular weight excluding hydrogens is 264 g/mol. The van der Waals surface area contributed by atoms with E-state index in [0.717, 1.165) is 31.4 Å². The number of nitrogens with zero attached hydrogens (tertiary/aromatic N) is 1. The molecule has 0 bridgehead atoms. The van der Waals surface area contributed by atoms with Crippen LogP contribution in [0.5, 0.6) is 5.75 Å². The van der Waals surface area contributed by atoms with E-state index in [1.807, 2.05) is 24.3 Å². The standard InChI is InChI=1S/C17H22N2O2/c1-2-12-21-15-8-6-14(7-9-15)19-16(20)17(13-18)10-4-3-5-11-17/h6-9H,2-5,10-12H2,1H3,(H,19,20). The van der Waals surface area contributed by atoms with E-state index in [1.165, 1.54) is 0 Å². The zero-order chi connectivity index (χ0) is 15.1. The van der Waals surface area contributed by atoms with Crippen molar-refractivity contribution >= 4 is 11.6 Å². The molecule has 1 aromatic carbocycles. The number of carbonyl (C=O) groups is 1. The molecule has 112 valence electrons. The summed E-state index contributed by atoms with van der Waals surface area (Å²) in [6, 6.07) is 9.55. The van der Waals surface area contributed by atoms with Crippen molar-refractivity contribution < 1.29 is 9.53 Å². The molecule has 1 N–H and O–H groups in total. The van der Waals surface area contributed by atoms with Crippen LogP contribution in [0.3, 0.4) is 0 Å². The molecule has 0 aliphatic heterocycles. The monoisotopic (exact) mass is 286 g/mol. The Morgan fingerprint density at radius 1 is 1.29 bits per heavy atom. The van der Waals surface area contributed by atoms with Crippen molar-refractivity contribution in [3.8, 4) is 11.8 Å². The van der Waals surface area contributed by atoms with Gasteiger partial charge in [-0.2, -0.15) is 5.26 Å². The van der Waals surface area contributed by atoms with Gasteiger partial charge in [-0.1, -0.05) is 26.2 Å². The van der Waals surface area contributed by atoms with Crippen LogP contribution in [0.15, 0.2) is 24.3 Å². The molecule has 0 unspecified atom stereocenters. The number of hydrogen-bond donors (Lipinski definition) is 1. The van der Waals surface area contributed by atoms with Crippen LogP contribution < -0.4 is 10.1 Å². The molecule has 1 saturated carbocycles. The van der Waals surface area contributed by atoms with Crippen molar-refractivity contribution in [3.05, 3.63) is 24.3 Å². The summed E-state index contributed by atoms with van der Waals surface area (Å²) in [6.07, 6.45) is 5.29. The summed E-state index contributed by atoms with van der Waals surface area (Å²) in [4.78, 5) is 12.4. The van der Waals surface area contributed by atoms with E-state index in [4.69, 9.17) is 4.74 Å². The molecule has 2 rings (SSSR count). The third-order valence-electron chi connectivity index (χ3n) is 3.94. The third kappa shape index (κ3) is 3.75. The van der Waals surface area contributed by atoms with Gasteiger partial charge in [-0.05, 0) is 43.5 Å². The number of ether oxygens (including phenoxy) is 1. The Morgan fingerprint density at radius 3 is 2.52 bits per heavy atom. The highest BCUT2D eigenvalue weighted by Gasteiger charge is 2.39. The van der Waals surface area contributed by atoms with Gasteiger partial charge >= 0.3 is 0 Å². The first-order valence-corrected chi connectivity index (χ1v) is 7.66. The SMILES string of the molecule is CCCOc1ccc(NC(=O)C2(C#N)CCCCC2)cc1. The second-order valence-corrected chi connectivity index (χ2v) is 5.58. The average Bonchev–Trinajstić information content (AvgIpc) is 2.54. The van der Waals surface area contributed by atoms with Crippen LogP contribution in [-0.2, 0) is 4.79 Å². The fraction of sp³-hybridized carbons (Fsp3) is 0.529. The smallest absolute Gasteiger partial charge is 0.244 e. The van der Waals surface area contributed by atoms with Crippen molar-refractivity contribution in [2.24, 2.45) is 5.41 Å². The van der Waals surface area contributed by atoms with E-state index in [1.54, 1.807) is 0 Å². The van der Waals surface area contributed by atoms with Crippen LogP contribution in [0.1, 0.15) is 45.4 Å². The highest BCUT2D eigenvalue weighted by atomic mass is 16.5. The summed E-state index contributed by atoms with van der Waals surface area (Å²) in [5.41, 5.74) is -0.139. The van der Waals surface area contributed by atoms with Gasteiger partial charge in [0.2, 0.25) is 5.91 Å². The Kier molecular flexibility index (Phi) is 5.21. The van der Waals surface area contributed by atoms with Gasteiger partial charge in [0.1, 0.15) is 11.2 Å². The fourth-order valence-electron chi connectivity index (χ4n) is 2.65. The van der Waals surface area contributed by atoms with Gasteiger partial charge in [-0.25, -0.2) is 0 Å². The summed E-state index contributed by atoms with van der Waals surface area (Å²) >= 11 is 0. The molecule has 0 heterocycles. The van der Waals surface area contributed by atoms with Gasteiger partial charge in [-0.15, -0.1) is 0 Å². The molecule has 1 amide bonds. The number of nitriles is 1. The highest BCUT2D eigenvalue weighted by Crippen LogP contribution is 2.36. The zero-order valence-corrected chi connectivity index (χ0v) is 12.5. The van der Waals surface area contributed by atoms with E-state index < -0.39 is 5.41 Å². The number of nitrogens with one attached hydrogen (secondary N) is 1. The molecule has 1 aliphatic carbocycles. The summed E-state index contributed by atoms with van der Waals surface area (Å²) in [7, 11) is 0. The van der Waals surface area contributed by atoms with Crippen LogP contribution in [0, 0.1) is 16.7 Å². The van der Waals surface area contributed by atoms with Gasteiger partial charge < -0.3 is 10.1 Å². The van der Waals surface area contributed by atoms with E-state index in [-0.39, 0.29) is 5.91 Å². The summed E-state index contributed by atoms with van der Waals surface area (Å²) in [6.45, 7) is 2.74. The second-order valence-electron chi connectivity index (χ2n) is 5.58. The Morgan fingerprint density at radius 2 is 1.95 bits per heavy atom. The second kappa shape index (κ2) is 7.12. The maximum Gasteiger partial charge on any atom is 0.244 e. The Labute approximate surface area is 126 Å². The average molecular weight is 286 g/mol. The minimum absolute atomic E-state index is 0.174. The normalized spacial score (nSPS) is 16.8.